The highest BCUT2D eigenvalue weighted by Crippen LogP contribution is 2.24. The van der Waals surface area contributed by atoms with Crippen molar-refractivity contribution in [1.82, 2.24) is 0 Å². The first kappa shape index (κ1) is 14.7. The van der Waals surface area contributed by atoms with Crippen LogP contribution in [0.25, 0.3) is 0 Å². The van der Waals surface area contributed by atoms with Gasteiger partial charge in [-0.1, -0.05) is 0 Å². The molecule has 1 aromatic carbocycles. The third kappa shape index (κ3) is 3.63. The summed E-state index contributed by atoms with van der Waals surface area (Å²) in [4.78, 5) is 24.5. The Kier molecular flexibility index (Phi) is 4.84. The Balaban J connectivity index is 1.94. The second kappa shape index (κ2) is 6.61. The average molecular weight is 296 g/mol. The Labute approximate surface area is 123 Å². The first-order chi connectivity index (χ1) is 9.60. The van der Waals surface area contributed by atoms with Crippen molar-refractivity contribution in [3.63, 3.8) is 0 Å². The number of carbonyl (C=O) groups is 2. The van der Waals surface area contributed by atoms with Crippen LogP contribution in [0.1, 0.15) is 12.8 Å². The maximum atomic E-state index is 11.2. The average Bonchev–Trinajstić information content (AvgIpc) is 2.48. The number of nitrogens with two attached hydrogens (primary N) is 1. The summed E-state index contributed by atoms with van der Waals surface area (Å²) in [6, 6.07) is 7.60. The van der Waals surface area contributed by atoms with E-state index in [9.17, 15) is 9.59 Å². The number of hydrogen-bond donors (Lipinski definition) is 2. The maximum Gasteiger partial charge on any atom is 0.239 e. The zero-order chi connectivity index (χ0) is 14.5. The second-order valence-corrected chi connectivity index (χ2v) is 5.16. The lowest BCUT2D eigenvalue weighted by Crippen LogP contribution is -2.38. The summed E-state index contributed by atoms with van der Waals surface area (Å²) >= 11 is 5.44. The first-order valence-electron chi connectivity index (χ1n) is 6.60. The number of alkyl halides is 1. The lowest BCUT2D eigenvalue weighted by atomic mass is 9.96. The van der Waals surface area contributed by atoms with Gasteiger partial charge in [-0.15, -0.1) is 11.6 Å². The number of primary amides is 1. The standard InChI is InChI=1S/C14H18ClN3O2/c15-9-13(19)17-11-1-3-12(4-2-11)18-7-5-10(6-8-18)14(16)20/h1-4,10H,5-9H2,(H2,16,20)(H,17,19). The van der Waals surface area contributed by atoms with Crippen LogP contribution in [0, 0.1) is 5.92 Å². The van der Waals surface area contributed by atoms with Gasteiger partial charge in [-0.2, -0.15) is 0 Å². The predicted octanol–water partition coefficient (Wildman–Crippen LogP) is 1.57. The normalized spacial score (nSPS) is 15.9. The van der Waals surface area contributed by atoms with E-state index in [1.807, 2.05) is 24.3 Å². The van der Waals surface area contributed by atoms with Gasteiger partial charge in [0.05, 0.1) is 0 Å². The third-order valence-electron chi connectivity index (χ3n) is 3.53. The van der Waals surface area contributed by atoms with Gasteiger partial charge < -0.3 is 16.0 Å². The van der Waals surface area contributed by atoms with E-state index in [1.165, 1.54) is 0 Å². The third-order valence-corrected chi connectivity index (χ3v) is 3.78. The highest BCUT2D eigenvalue weighted by molar-refractivity contribution is 6.29. The van der Waals surface area contributed by atoms with Gasteiger partial charge in [0.1, 0.15) is 5.88 Å². The Morgan fingerprint density at radius 3 is 2.35 bits per heavy atom. The molecule has 1 fully saturated rings. The molecule has 1 saturated heterocycles. The molecule has 0 bridgehead atoms. The Morgan fingerprint density at radius 2 is 1.85 bits per heavy atom. The molecule has 3 N–H and O–H groups in total. The molecular weight excluding hydrogens is 278 g/mol. The van der Waals surface area contributed by atoms with Crippen molar-refractivity contribution in [2.45, 2.75) is 12.8 Å². The van der Waals surface area contributed by atoms with E-state index in [4.69, 9.17) is 17.3 Å². The number of amides is 2. The van der Waals surface area contributed by atoms with Crippen LogP contribution in [0.5, 0.6) is 0 Å². The number of rotatable bonds is 4. The summed E-state index contributed by atoms with van der Waals surface area (Å²) in [7, 11) is 0. The minimum atomic E-state index is -0.221. The minimum Gasteiger partial charge on any atom is -0.371 e. The molecule has 0 radical (unpaired) electrons. The van der Waals surface area contributed by atoms with Crippen molar-refractivity contribution in [2.24, 2.45) is 11.7 Å². The van der Waals surface area contributed by atoms with Crippen LogP contribution in [0.4, 0.5) is 11.4 Å². The lowest BCUT2D eigenvalue weighted by Gasteiger charge is -2.32. The number of halogens is 1. The number of carbonyl (C=O) groups excluding carboxylic acids is 2. The molecule has 0 aromatic heterocycles. The van der Waals surface area contributed by atoms with E-state index in [-0.39, 0.29) is 23.6 Å². The van der Waals surface area contributed by atoms with E-state index in [2.05, 4.69) is 10.2 Å². The fourth-order valence-electron chi connectivity index (χ4n) is 2.37. The highest BCUT2D eigenvalue weighted by Gasteiger charge is 2.23. The van der Waals surface area contributed by atoms with Gasteiger partial charge in [0.2, 0.25) is 11.8 Å². The molecule has 2 rings (SSSR count). The van der Waals surface area contributed by atoms with Crippen LogP contribution in [-0.4, -0.2) is 30.8 Å². The molecule has 1 heterocycles. The zero-order valence-corrected chi connectivity index (χ0v) is 11.9. The van der Waals surface area contributed by atoms with Gasteiger partial charge in [0.25, 0.3) is 0 Å². The van der Waals surface area contributed by atoms with E-state index in [1.54, 1.807) is 0 Å². The van der Waals surface area contributed by atoms with Crippen LogP contribution in [0.3, 0.4) is 0 Å². The summed E-state index contributed by atoms with van der Waals surface area (Å²) in [6.45, 7) is 1.64. The van der Waals surface area contributed by atoms with Gasteiger partial charge in [-0.05, 0) is 37.1 Å². The Bertz CT molecular complexity index is 482. The molecule has 108 valence electrons. The van der Waals surface area contributed by atoms with E-state index in [0.717, 1.165) is 37.3 Å². The van der Waals surface area contributed by atoms with E-state index >= 15 is 0 Å². The molecule has 1 aromatic rings. The van der Waals surface area contributed by atoms with Gasteiger partial charge in [-0.3, -0.25) is 9.59 Å². The summed E-state index contributed by atoms with van der Waals surface area (Å²) < 4.78 is 0. The molecule has 6 heteroatoms. The first-order valence-corrected chi connectivity index (χ1v) is 7.13. The van der Waals surface area contributed by atoms with Gasteiger partial charge in [-0.25, -0.2) is 0 Å². The number of anilines is 2. The molecule has 0 saturated carbocycles. The van der Waals surface area contributed by atoms with Crippen LogP contribution >= 0.6 is 11.6 Å². The largest absolute Gasteiger partial charge is 0.371 e. The summed E-state index contributed by atoms with van der Waals surface area (Å²) in [5.41, 5.74) is 7.13. The summed E-state index contributed by atoms with van der Waals surface area (Å²) in [5.74, 6) is -0.485. The number of nitrogens with one attached hydrogen (secondary N) is 1. The zero-order valence-electron chi connectivity index (χ0n) is 11.1. The van der Waals surface area contributed by atoms with E-state index < -0.39 is 0 Å². The van der Waals surface area contributed by atoms with Crippen molar-refractivity contribution in [2.75, 3.05) is 29.2 Å². The number of nitrogens with zero attached hydrogens (tertiary/aromatic N) is 1. The molecular formula is C14H18ClN3O2. The smallest absolute Gasteiger partial charge is 0.239 e. The van der Waals surface area contributed by atoms with Crippen LogP contribution in [0.2, 0.25) is 0 Å². The van der Waals surface area contributed by atoms with Crippen LogP contribution in [0.15, 0.2) is 24.3 Å². The molecule has 0 atom stereocenters. The van der Waals surface area contributed by atoms with Crippen molar-refractivity contribution >= 4 is 34.8 Å². The van der Waals surface area contributed by atoms with Crippen LogP contribution in [-0.2, 0) is 9.59 Å². The maximum absolute atomic E-state index is 11.2. The monoisotopic (exact) mass is 295 g/mol. The number of piperidine rings is 1. The Hall–Kier alpha value is -1.75. The fourth-order valence-corrected chi connectivity index (χ4v) is 2.44. The number of hydrogen-bond acceptors (Lipinski definition) is 3. The Morgan fingerprint density at radius 1 is 1.25 bits per heavy atom. The van der Waals surface area contributed by atoms with Crippen molar-refractivity contribution < 1.29 is 9.59 Å². The topological polar surface area (TPSA) is 75.4 Å². The summed E-state index contributed by atoms with van der Waals surface area (Å²) in [5, 5.41) is 2.69. The fraction of sp³-hybridized carbons (Fsp3) is 0.429. The molecule has 2 amide bonds. The van der Waals surface area contributed by atoms with Gasteiger partial charge in [0, 0.05) is 30.4 Å². The summed E-state index contributed by atoms with van der Waals surface area (Å²) in [6.07, 6.45) is 1.58. The number of benzene rings is 1. The molecule has 1 aliphatic heterocycles. The molecule has 0 spiro atoms. The lowest BCUT2D eigenvalue weighted by molar-refractivity contribution is -0.122. The molecule has 1 aliphatic rings. The predicted molar refractivity (Wildman–Crippen MR) is 79.9 cm³/mol. The van der Waals surface area contributed by atoms with Gasteiger partial charge >= 0.3 is 0 Å². The highest BCUT2D eigenvalue weighted by atomic mass is 35.5. The SMILES string of the molecule is NC(=O)C1CCN(c2ccc(NC(=O)CCl)cc2)CC1. The van der Waals surface area contributed by atoms with Crippen LogP contribution < -0.4 is 16.0 Å². The molecule has 20 heavy (non-hydrogen) atoms. The van der Waals surface area contributed by atoms with Crippen molar-refractivity contribution in [3.05, 3.63) is 24.3 Å². The van der Waals surface area contributed by atoms with Crippen molar-refractivity contribution in [1.29, 1.82) is 0 Å². The second-order valence-electron chi connectivity index (χ2n) is 4.89. The van der Waals surface area contributed by atoms with E-state index in [0.29, 0.717) is 0 Å². The van der Waals surface area contributed by atoms with Gasteiger partial charge in [0.15, 0.2) is 0 Å². The quantitative estimate of drug-likeness (QED) is 0.828. The molecule has 0 unspecified atom stereocenters. The molecule has 0 aliphatic carbocycles. The molecule has 5 nitrogen and oxygen atoms in total. The van der Waals surface area contributed by atoms with Crippen molar-refractivity contribution in [3.8, 4) is 0 Å². The minimum absolute atomic E-state index is 0.00599.